The van der Waals surface area contributed by atoms with Gasteiger partial charge >= 0.3 is 24.6 Å². The minimum absolute atomic E-state index is 0. The van der Waals surface area contributed by atoms with Gasteiger partial charge in [0.25, 0.3) is 0 Å². The fourth-order valence-corrected chi connectivity index (χ4v) is 2.32. The molecule has 0 nitrogen and oxygen atoms in total. The molecule has 2 atom stereocenters. The minimum Gasteiger partial charge on any atom is -0.418 e. The molecule has 0 spiro atoms. The first kappa shape index (κ1) is 25.5. The zero-order valence-electron chi connectivity index (χ0n) is 15.7. The maximum Gasteiger partial charge on any atom is 3.00 e. The fourth-order valence-electron chi connectivity index (χ4n) is 2.32. The first-order valence-electron chi connectivity index (χ1n) is 7.68. The molecule has 1 radical (unpaired) electrons. The molecule has 2 aliphatic rings. The number of hydrogen-bond acceptors (Lipinski definition) is 0. The van der Waals surface area contributed by atoms with Crippen molar-refractivity contribution in [3.05, 3.63) is 45.6 Å². The Morgan fingerprint density at radius 3 is 0.917 bits per heavy atom. The van der Waals surface area contributed by atoms with Gasteiger partial charge in [-0.05, 0) is 0 Å². The molecule has 0 saturated heterocycles. The van der Waals surface area contributed by atoms with E-state index in [1.807, 2.05) is 0 Å². The molecule has 0 aromatic heterocycles. The van der Waals surface area contributed by atoms with Crippen molar-refractivity contribution in [3.8, 4) is 0 Å². The summed E-state index contributed by atoms with van der Waals surface area (Å²) in [6.45, 7) is 17.3. The standard InChI is InChI=1S/2C9H13.BF4.Cr/c2*1-6-5-7(2)9(4)8(6)3;2-1(3,4)5;/h2*6H,1-4H3;;/q3*-1;+3. The second-order valence-corrected chi connectivity index (χ2v) is 6.09. The second-order valence-electron chi connectivity index (χ2n) is 6.09. The third-order valence-electron chi connectivity index (χ3n) is 4.47. The Kier molecular flexibility index (Phi) is 11.0. The van der Waals surface area contributed by atoms with Crippen molar-refractivity contribution in [2.75, 3.05) is 0 Å². The summed E-state index contributed by atoms with van der Waals surface area (Å²) in [5.74, 6) is 1.12. The van der Waals surface area contributed by atoms with Gasteiger partial charge in [0.15, 0.2) is 0 Å². The van der Waals surface area contributed by atoms with Crippen molar-refractivity contribution in [3.63, 3.8) is 0 Å². The van der Waals surface area contributed by atoms with E-state index >= 15 is 0 Å². The van der Waals surface area contributed by atoms with Gasteiger partial charge in [-0.25, -0.2) is 11.1 Å². The van der Waals surface area contributed by atoms with Gasteiger partial charge in [-0.3, -0.25) is 12.2 Å². The van der Waals surface area contributed by atoms with Gasteiger partial charge < -0.3 is 17.3 Å². The van der Waals surface area contributed by atoms with Crippen LogP contribution in [0.4, 0.5) is 17.3 Å². The molecule has 0 bridgehead atoms. The smallest absolute Gasteiger partial charge is 0.418 e. The monoisotopic (exact) mass is 381 g/mol. The Hall–Kier alpha value is -0.723. The molecule has 2 unspecified atom stereocenters. The van der Waals surface area contributed by atoms with E-state index in [4.69, 9.17) is 0 Å². The molecule has 0 saturated carbocycles. The quantitative estimate of drug-likeness (QED) is 0.248. The number of rotatable bonds is 0. The average Bonchev–Trinajstić information content (AvgIpc) is 2.74. The van der Waals surface area contributed by atoms with Gasteiger partial charge in [-0.15, -0.1) is 13.8 Å². The first-order chi connectivity index (χ1) is 10.3. The normalized spacial score (nSPS) is 22.8. The zero-order chi connectivity index (χ0) is 18.5. The fraction of sp³-hybridized carbons (Fsp3) is 0.556. The Balaban J connectivity index is 0. The molecule has 0 fully saturated rings. The molecule has 0 N–H and O–H groups in total. The SMILES string of the molecule is CC1=[C-]C(C)C(C)=C1C.CC1=[C-]C(C)C(C)=C1C.F[B-](F)(F)F.[Cr+3]. The summed E-state index contributed by atoms with van der Waals surface area (Å²) in [7, 11) is -6.00. The molecular weight excluding hydrogens is 355 g/mol. The molecule has 0 amide bonds. The van der Waals surface area contributed by atoms with E-state index in [1.54, 1.807) is 0 Å². The third kappa shape index (κ3) is 8.94. The predicted octanol–water partition coefficient (Wildman–Crippen LogP) is 6.74. The van der Waals surface area contributed by atoms with Crippen molar-refractivity contribution < 1.29 is 34.6 Å². The van der Waals surface area contributed by atoms with Gasteiger partial charge in [0.1, 0.15) is 0 Å². The summed E-state index contributed by atoms with van der Waals surface area (Å²) in [5, 5.41) is 0. The summed E-state index contributed by atoms with van der Waals surface area (Å²) in [4.78, 5) is 0. The largest absolute Gasteiger partial charge is 3.00 e. The van der Waals surface area contributed by atoms with Crippen LogP contribution in [0, 0.1) is 24.0 Å². The maximum atomic E-state index is 9.75. The van der Waals surface area contributed by atoms with Crippen LogP contribution in [-0.4, -0.2) is 7.25 Å². The predicted molar refractivity (Wildman–Crippen MR) is 90.1 cm³/mol. The summed E-state index contributed by atoms with van der Waals surface area (Å²) in [6.07, 6.45) is 6.72. The van der Waals surface area contributed by atoms with Crippen LogP contribution in [0.1, 0.15) is 55.4 Å². The number of allylic oxidation sites excluding steroid dienone is 8. The molecule has 2 rings (SSSR count). The van der Waals surface area contributed by atoms with Crippen molar-refractivity contribution in [2.24, 2.45) is 11.8 Å². The van der Waals surface area contributed by atoms with Gasteiger partial charge in [-0.2, -0.15) is 22.3 Å². The Morgan fingerprint density at radius 2 is 0.875 bits per heavy atom. The van der Waals surface area contributed by atoms with E-state index in [0.717, 1.165) is 0 Å². The average molecular weight is 381 g/mol. The van der Waals surface area contributed by atoms with Crippen LogP contribution in [0.5, 0.6) is 0 Å². The van der Waals surface area contributed by atoms with Gasteiger partial charge in [-0.1, -0.05) is 53.4 Å². The van der Waals surface area contributed by atoms with Crippen molar-refractivity contribution in [1.82, 2.24) is 0 Å². The van der Waals surface area contributed by atoms with Gasteiger partial charge in [0.05, 0.1) is 0 Å². The molecular formula is C18H26BCrF4. The van der Waals surface area contributed by atoms with Crippen LogP contribution >= 0.6 is 0 Å². The van der Waals surface area contributed by atoms with Crippen LogP contribution in [0.15, 0.2) is 33.4 Å². The number of hydrogen-bond donors (Lipinski definition) is 0. The minimum atomic E-state index is -6.00. The molecule has 24 heavy (non-hydrogen) atoms. The summed E-state index contributed by atoms with van der Waals surface area (Å²) in [5.41, 5.74) is 8.49. The number of halogens is 4. The topological polar surface area (TPSA) is 0 Å². The molecule has 0 aromatic carbocycles. The van der Waals surface area contributed by atoms with E-state index in [0.29, 0.717) is 11.8 Å². The molecule has 6 heteroatoms. The van der Waals surface area contributed by atoms with Gasteiger partial charge in [0, 0.05) is 0 Å². The van der Waals surface area contributed by atoms with Crippen molar-refractivity contribution in [1.29, 1.82) is 0 Å². The van der Waals surface area contributed by atoms with Crippen molar-refractivity contribution in [2.45, 2.75) is 55.4 Å². The van der Waals surface area contributed by atoms with Crippen LogP contribution in [-0.2, 0) is 17.4 Å². The molecule has 0 aliphatic heterocycles. The summed E-state index contributed by atoms with van der Waals surface area (Å²) in [6, 6.07) is 0. The van der Waals surface area contributed by atoms with Crippen LogP contribution in [0.2, 0.25) is 0 Å². The molecule has 135 valence electrons. The first-order valence-corrected chi connectivity index (χ1v) is 7.68. The van der Waals surface area contributed by atoms with E-state index in [-0.39, 0.29) is 17.4 Å². The third-order valence-corrected chi connectivity index (χ3v) is 4.47. The van der Waals surface area contributed by atoms with Crippen LogP contribution in [0.3, 0.4) is 0 Å². The van der Waals surface area contributed by atoms with E-state index < -0.39 is 7.25 Å². The summed E-state index contributed by atoms with van der Waals surface area (Å²) < 4.78 is 39.0. The Bertz CT molecular complexity index is 504. The van der Waals surface area contributed by atoms with Crippen molar-refractivity contribution >= 4 is 7.25 Å². The molecule has 0 aromatic rings. The van der Waals surface area contributed by atoms with Gasteiger partial charge in [0.2, 0.25) is 0 Å². The zero-order valence-corrected chi connectivity index (χ0v) is 16.9. The van der Waals surface area contributed by atoms with E-state index in [1.165, 1.54) is 33.4 Å². The summed E-state index contributed by atoms with van der Waals surface area (Å²) >= 11 is 0. The Labute approximate surface area is 155 Å². The van der Waals surface area contributed by atoms with E-state index in [2.05, 4.69) is 67.5 Å². The maximum absolute atomic E-state index is 9.75. The Morgan fingerprint density at radius 1 is 0.667 bits per heavy atom. The molecule has 0 heterocycles. The molecule has 2 aliphatic carbocycles. The van der Waals surface area contributed by atoms with E-state index in [9.17, 15) is 17.3 Å². The van der Waals surface area contributed by atoms with Crippen LogP contribution < -0.4 is 0 Å². The van der Waals surface area contributed by atoms with Crippen LogP contribution in [0.25, 0.3) is 0 Å². The second kappa shape index (κ2) is 10.3.